The van der Waals surface area contributed by atoms with Crippen molar-refractivity contribution in [2.24, 2.45) is 7.05 Å². The largest absolute Gasteiger partial charge is 0.487 e. The van der Waals surface area contributed by atoms with Gasteiger partial charge >= 0.3 is 0 Å². The monoisotopic (exact) mass is 432 g/mol. The van der Waals surface area contributed by atoms with E-state index in [4.69, 9.17) is 4.74 Å². The lowest BCUT2D eigenvalue weighted by Crippen LogP contribution is -1.97. The second-order valence-electron chi connectivity index (χ2n) is 7.84. The molecule has 0 bridgehead atoms. The molecule has 0 atom stereocenters. The van der Waals surface area contributed by atoms with Gasteiger partial charge in [0.25, 0.3) is 0 Å². The molecular weight excluding hydrogens is 408 g/mol. The van der Waals surface area contributed by atoms with Crippen LogP contribution in [0, 0.1) is 0 Å². The molecule has 0 radical (unpaired) electrons. The van der Waals surface area contributed by atoms with E-state index in [1.165, 1.54) is 10.9 Å². The van der Waals surface area contributed by atoms with E-state index in [9.17, 15) is 0 Å². The summed E-state index contributed by atoms with van der Waals surface area (Å²) in [7, 11) is 2.06. The van der Waals surface area contributed by atoms with Crippen molar-refractivity contribution in [2.75, 3.05) is 0 Å². The van der Waals surface area contributed by atoms with Gasteiger partial charge in [-0.05, 0) is 71.1 Å². The Morgan fingerprint density at radius 3 is 2.58 bits per heavy atom. The highest BCUT2D eigenvalue weighted by Gasteiger charge is 2.00. The molecule has 0 amide bonds. The van der Waals surface area contributed by atoms with Crippen molar-refractivity contribution in [3.05, 3.63) is 113 Å². The van der Waals surface area contributed by atoms with E-state index in [2.05, 4.69) is 63.3 Å². The maximum Gasteiger partial charge on any atom is 0.130 e. The predicted octanol–water partition coefficient (Wildman–Crippen LogP) is 6.22. The van der Waals surface area contributed by atoms with Crippen LogP contribution in [-0.2, 0) is 13.7 Å². The van der Waals surface area contributed by atoms with Gasteiger partial charge in [0.1, 0.15) is 12.4 Å². The summed E-state index contributed by atoms with van der Waals surface area (Å²) in [6.45, 7) is 0.458. The van der Waals surface area contributed by atoms with Crippen molar-refractivity contribution in [1.82, 2.24) is 19.7 Å². The fraction of sp³-hybridized carbons (Fsp3) is 0.0714. The number of ether oxygens (including phenoxy) is 1. The Kier molecular flexibility index (Phi) is 5.85. The van der Waals surface area contributed by atoms with Crippen LogP contribution in [0.2, 0.25) is 0 Å². The number of H-pyrrole nitrogens is 1. The summed E-state index contributed by atoms with van der Waals surface area (Å²) in [5.74, 6) is 0.820. The third-order valence-corrected chi connectivity index (χ3v) is 5.42. The van der Waals surface area contributed by atoms with Gasteiger partial charge in [-0.2, -0.15) is 5.10 Å². The molecule has 5 heteroatoms. The van der Waals surface area contributed by atoms with Crippen molar-refractivity contribution in [1.29, 1.82) is 0 Å². The molecule has 5 aromatic rings. The Morgan fingerprint density at radius 1 is 0.879 bits per heavy atom. The second kappa shape index (κ2) is 9.40. The Hall–Kier alpha value is -4.38. The maximum absolute atomic E-state index is 5.79. The highest BCUT2D eigenvalue weighted by atomic mass is 16.5. The minimum Gasteiger partial charge on any atom is -0.487 e. The molecule has 5 rings (SSSR count). The first-order chi connectivity index (χ1) is 16.2. The lowest BCUT2D eigenvalue weighted by molar-refractivity contribution is 0.301. The molecule has 3 heterocycles. The van der Waals surface area contributed by atoms with Gasteiger partial charge in [0.2, 0.25) is 0 Å². The summed E-state index contributed by atoms with van der Waals surface area (Å²) in [6.07, 6.45) is 12.0. The average molecular weight is 433 g/mol. The summed E-state index contributed by atoms with van der Waals surface area (Å²) in [5.41, 5.74) is 6.20. The van der Waals surface area contributed by atoms with Crippen molar-refractivity contribution in [2.45, 2.75) is 6.61 Å². The standard InChI is InChI=1S/C28H24N4O/c1-32-17-15-23-10-5-22(18-28(23)32)7-12-25-19-24(30-31-25)11-6-21-8-13-27(14-9-21)33-20-26-4-2-3-16-29-26/h2-19H,20H2,1H3,(H,30,31). The van der Waals surface area contributed by atoms with Gasteiger partial charge < -0.3 is 9.30 Å². The molecule has 1 N–H and O–H groups in total. The Morgan fingerprint density at radius 2 is 1.73 bits per heavy atom. The summed E-state index contributed by atoms with van der Waals surface area (Å²) < 4.78 is 7.92. The summed E-state index contributed by atoms with van der Waals surface area (Å²) in [5, 5.41) is 8.70. The normalized spacial score (nSPS) is 11.7. The minimum atomic E-state index is 0.458. The molecule has 5 nitrogen and oxygen atoms in total. The summed E-state index contributed by atoms with van der Waals surface area (Å²) in [6, 6.07) is 24.4. The number of aromatic nitrogens is 4. The molecule has 0 unspecified atom stereocenters. The van der Waals surface area contributed by atoms with Gasteiger partial charge in [0, 0.05) is 25.0 Å². The van der Waals surface area contributed by atoms with Crippen LogP contribution in [-0.4, -0.2) is 19.7 Å². The molecule has 0 aliphatic heterocycles. The van der Waals surface area contributed by atoms with Crippen molar-refractivity contribution in [3.8, 4) is 5.75 Å². The van der Waals surface area contributed by atoms with Gasteiger partial charge in [-0.3, -0.25) is 10.1 Å². The van der Waals surface area contributed by atoms with Crippen LogP contribution in [0.5, 0.6) is 5.75 Å². The zero-order chi connectivity index (χ0) is 22.5. The highest BCUT2D eigenvalue weighted by Crippen LogP contribution is 2.19. The fourth-order valence-electron chi connectivity index (χ4n) is 3.59. The van der Waals surface area contributed by atoms with E-state index < -0.39 is 0 Å². The number of benzene rings is 2. The molecule has 0 saturated heterocycles. The zero-order valence-corrected chi connectivity index (χ0v) is 18.3. The van der Waals surface area contributed by atoms with E-state index in [0.29, 0.717) is 6.61 Å². The minimum absolute atomic E-state index is 0.458. The smallest absolute Gasteiger partial charge is 0.130 e. The van der Waals surface area contributed by atoms with Gasteiger partial charge in [-0.1, -0.05) is 42.5 Å². The number of aromatic amines is 1. The maximum atomic E-state index is 5.79. The van der Waals surface area contributed by atoms with Crippen molar-refractivity contribution in [3.63, 3.8) is 0 Å². The van der Waals surface area contributed by atoms with Crippen molar-refractivity contribution < 1.29 is 4.74 Å². The molecular formula is C28H24N4O. The first-order valence-electron chi connectivity index (χ1n) is 10.8. The summed E-state index contributed by atoms with van der Waals surface area (Å²) >= 11 is 0. The number of hydrogen-bond donors (Lipinski definition) is 1. The molecule has 0 spiro atoms. The van der Waals surface area contributed by atoms with Crippen LogP contribution >= 0.6 is 0 Å². The van der Waals surface area contributed by atoms with E-state index >= 15 is 0 Å². The van der Waals surface area contributed by atoms with E-state index in [1.807, 2.05) is 66.8 Å². The average Bonchev–Trinajstić information content (AvgIpc) is 3.48. The van der Waals surface area contributed by atoms with Crippen LogP contribution in [0.3, 0.4) is 0 Å². The molecule has 0 aliphatic rings. The van der Waals surface area contributed by atoms with Crippen LogP contribution in [0.4, 0.5) is 0 Å². The van der Waals surface area contributed by atoms with Gasteiger partial charge in [0.15, 0.2) is 0 Å². The van der Waals surface area contributed by atoms with E-state index in [0.717, 1.165) is 34.0 Å². The topological polar surface area (TPSA) is 55.7 Å². The fourth-order valence-corrected chi connectivity index (χ4v) is 3.59. The number of aryl methyl sites for hydroxylation is 1. The van der Waals surface area contributed by atoms with Crippen molar-refractivity contribution >= 4 is 35.2 Å². The molecule has 0 fully saturated rings. The van der Waals surface area contributed by atoms with Crippen LogP contribution < -0.4 is 4.74 Å². The SMILES string of the molecule is Cn1ccc2ccc(C=Cc3cc(C=Cc4ccc(OCc5ccccn5)cc4)[nH]n3)cc21. The Bertz CT molecular complexity index is 1410. The molecule has 33 heavy (non-hydrogen) atoms. The highest BCUT2D eigenvalue weighted by molar-refractivity contribution is 5.84. The summed E-state index contributed by atoms with van der Waals surface area (Å²) in [4.78, 5) is 4.27. The quantitative estimate of drug-likeness (QED) is 0.332. The third kappa shape index (κ3) is 5.10. The number of fused-ring (bicyclic) bond motifs is 1. The molecule has 2 aromatic carbocycles. The lowest BCUT2D eigenvalue weighted by Gasteiger charge is -2.05. The molecule has 3 aromatic heterocycles. The number of pyridine rings is 1. The van der Waals surface area contributed by atoms with Crippen LogP contribution in [0.15, 0.2) is 85.2 Å². The van der Waals surface area contributed by atoms with Gasteiger partial charge in [0.05, 0.1) is 17.1 Å². The number of rotatable bonds is 7. The van der Waals surface area contributed by atoms with Crippen LogP contribution in [0.1, 0.15) is 28.2 Å². The van der Waals surface area contributed by atoms with E-state index in [-0.39, 0.29) is 0 Å². The Balaban J connectivity index is 1.19. The van der Waals surface area contributed by atoms with Gasteiger partial charge in [-0.15, -0.1) is 0 Å². The lowest BCUT2D eigenvalue weighted by atomic mass is 10.1. The molecule has 0 aliphatic carbocycles. The molecule has 0 saturated carbocycles. The van der Waals surface area contributed by atoms with E-state index in [1.54, 1.807) is 6.20 Å². The third-order valence-electron chi connectivity index (χ3n) is 5.42. The number of nitrogens with zero attached hydrogens (tertiary/aromatic N) is 3. The second-order valence-corrected chi connectivity index (χ2v) is 7.84. The first-order valence-corrected chi connectivity index (χ1v) is 10.8. The van der Waals surface area contributed by atoms with Gasteiger partial charge in [-0.25, -0.2) is 0 Å². The predicted molar refractivity (Wildman–Crippen MR) is 134 cm³/mol. The van der Waals surface area contributed by atoms with Crippen LogP contribution in [0.25, 0.3) is 35.2 Å². The number of hydrogen-bond acceptors (Lipinski definition) is 3. The first kappa shape index (κ1) is 20.5. The number of nitrogens with one attached hydrogen (secondary N) is 1. The Labute approximate surface area is 192 Å². The zero-order valence-electron chi connectivity index (χ0n) is 18.3. The molecule has 162 valence electrons.